The molecule has 0 saturated heterocycles. The van der Waals surface area contributed by atoms with E-state index in [2.05, 4.69) is 25.6 Å². The maximum absolute atomic E-state index is 4.18. The molecule has 0 aliphatic carbocycles. The van der Waals surface area contributed by atoms with Crippen LogP contribution in [0.4, 0.5) is 5.82 Å². The lowest BCUT2D eigenvalue weighted by Crippen LogP contribution is -2.06. The summed E-state index contributed by atoms with van der Waals surface area (Å²) in [5.74, 6) is 1.26. The molecule has 0 unspecified atom stereocenters. The molecule has 6 nitrogen and oxygen atoms in total. The lowest BCUT2D eigenvalue weighted by molar-refractivity contribution is 0.897. The maximum Gasteiger partial charge on any atom is 0.273 e. The first kappa shape index (κ1) is 9.71. The zero-order valence-electron chi connectivity index (χ0n) is 9.20. The van der Waals surface area contributed by atoms with E-state index in [9.17, 15) is 0 Å². The van der Waals surface area contributed by atoms with Crippen LogP contribution in [0.5, 0.6) is 0 Å². The van der Waals surface area contributed by atoms with Gasteiger partial charge in [-0.3, -0.25) is 0 Å². The summed E-state index contributed by atoms with van der Waals surface area (Å²) >= 11 is 0. The molecule has 3 rings (SSSR count). The third-order valence-corrected chi connectivity index (χ3v) is 2.49. The van der Waals surface area contributed by atoms with Crippen molar-refractivity contribution in [3.05, 3.63) is 36.7 Å². The van der Waals surface area contributed by atoms with Gasteiger partial charge in [0.25, 0.3) is 5.78 Å². The van der Waals surface area contributed by atoms with Crippen molar-refractivity contribution in [2.24, 2.45) is 0 Å². The van der Waals surface area contributed by atoms with E-state index in [1.54, 1.807) is 4.52 Å². The molecule has 0 aliphatic heterocycles. The molecule has 1 aromatic carbocycles. The predicted molar refractivity (Wildman–Crippen MR) is 63.6 cm³/mol. The molecular formula is C11H10N6. The Morgan fingerprint density at radius 3 is 2.71 bits per heavy atom. The molecule has 0 amide bonds. The van der Waals surface area contributed by atoms with Crippen LogP contribution in [0.1, 0.15) is 0 Å². The highest BCUT2D eigenvalue weighted by Gasteiger charge is 2.12. The Hall–Kier alpha value is -2.50. The van der Waals surface area contributed by atoms with Crippen LogP contribution in [0.2, 0.25) is 0 Å². The van der Waals surface area contributed by atoms with Crippen molar-refractivity contribution in [2.45, 2.75) is 0 Å². The van der Waals surface area contributed by atoms with Crippen molar-refractivity contribution >= 4 is 11.6 Å². The maximum atomic E-state index is 4.18. The van der Waals surface area contributed by atoms with Crippen molar-refractivity contribution in [3.63, 3.8) is 0 Å². The number of hydrogen-bond donors (Lipinski definition) is 1. The van der Waals surface area contributed by atoms with E-state index in [4.69, 9.17) is 0 Å². The summed E-state index contributed by atoms with van der Waals surface area (Å²) in [7, 11) is 1.82. The van der Waals surface area contributed by atoms with Gasteiger partial charge in [-0.15, -0.1) is 10.2 Å². The molecule has 6 heteroatoms. The fourth-order valence-corrected chi connectivity index (χ4v) is 1.72. The Bertz CT molecular complexity index is 645. The number of anilines is 1. The highest BCUT2D eigenvalue weighted by Crippen LogP contribution is 2.23. The molecule has 0 bridgehead atoms. The quantitative estimate of drug-likeness (QED) is 0.711. The van der Waals surface area contributed by atoms with Crippen LogP contribution < -0.4 is 5.32 Å². The topological polar surface area (TPSA) is 68.0 Å². The van der Waals surface area contributed by atoms with Gasteiger partial charge in [-0.25, -0.2) is 0 Å². The molecule has 84 valence electrons. The van der Waals surface area contributed by atoms with Gasteiger partial charge in [0.2, 0.25) is 0 Å². The average molecular weight is 226 g/mol. The zero-order valence-corrected chi connectivity index (χ0v) is 9.20. The van der Waals surface area contributed by atoms with Crippen molar-refractivity contribution < 1.29 is 0 Å². The van der Waals surface area contributed by atoms with Crippen molar-refractivity contribution in [1.82, 2.24) is 24.8 Å². The third-order valence-electron chi connectivity index (χ3n) is 2.49. The Morgan fingerprint density at radius 2 is 1.94 bits per heavy atom. The summed E-state index contributed by atoms with van der Waals surface area (Å²) in [6, 6.07) is 9.84. The molecule has 0 saturated carbocycles. The Morgan fingerprint density at radius 1 is 1.12 bits per heavy atom. The van der Waals surface area contributed by atoms with Gasteiger partial charge in [0.15, 0.2) is 5.82 Å². The number of nitrogens with one attached hydrogen (secondary N) is 1. The summed E-state index contributed by atoms with van der Waals surface area (Å²) in [5, 5.41) is 15.4. The lowest BCUT2D eigenvalue weighted by atomic mass is 10.1. The van der Waals surface area contributed by atoms with Gasteiger partial charge in [0, 0.05) is 12.6 Å². The van der Waals surface area contributed by atoms with Gasteiger partial charge in [-0.1, -0.05) is 30.3 Å². The van der Waals surface area contributed by atoms with Crippen LogP contribution in [-0.4, -0.2) is 31.8 Å². The molecule has 2 heterocycles. The third kappa shape index (κ3) is 1.50. The SMILES string of the molecule is CNc1c(-c2ccccc2)nnc2ncnn12. The van der Waals surface area contributed by atoms with Gasteiger partial charge in [0.1, 0.15) is 12.0 Å². The zero-order chi connectivity index (χ0) is 11.7. The molecule has 0 fully saturated rings. The van der Waals surface area contributed by atoms with Gasteiger partial charge in [0.05, 0.1) is 0 Å². The minimum atomic E-state index is 0.481. The number of benzene rings is 1. The van der Waals surface area contributed by atoms with Gasteiger partial charge >= 0.3 is 0 Å². The van der Waals surface area contributed by atoms with E-state index in [-0.39, 0.29) is 0 Å². The summed E-state index contributed by atoms with van der Waals surface area (Å²) in [5.41, 5.74) is 1.74. The van der Waals surface area contributed by atoms with Crippen LogP contribution in [0.25, 0.3) is 17.0 Å². The first-order valence-corrected chi connectivity index (χ1v) is 5.20. The van der Waals surface area contributed by atoms with Gasteiger partial charge in [-0.2, -0.15) is 14.6 Å². The second-order valence-corrected chi connectivity index (χ2v) is 3.49. The van der Waals surface area contributed by atoms with E-state index in [0.717, 1.165) is 17.1 Å². The first-order valence-electron chi connectivity index (χ1n) is 5.20. The van der Waals surface area contributed by atoms with Crippen molar-refractivity contribution in [3.8, 4) is 11.3 Å². The van der Waals surface area contributed by atoms with E-state index in [1.807, 2.05) is 37.4 Å². The monoisotopic (exact) mass is 226 g/mol. The fraction of sp³-hybridized carbons (Fsp3) is 0.0909. The minimum Gasteiger partial charge on any atom is -0.371 e. The number of nitrogens with zero attached hydrogens (tertiary/aromatic N) is 5. The Balaban J connectivity index is 2.29. The van der Waals surface area contributed by atoms with Crippen LogP contribution in [0.15, 0.2) is 36.7 Å². The van der Waals surface area contributed by atoms with Crippen LogP contribution >= 0.6 is 0 Å². The molecule has 0 radical (unpaired) electrons. The van der Waals surface area contributed by atoms with Gasteiger partial charge < -0.3 is 5.32 Å². The highest BCUT2D eigenvalue weighted by atomic mass is 15.4. The molecule has 17 heavy (non-hydrogen) atoms. The highest BCUT2D eigenvalue weighted by molar-refractivity contribution is 5.71. The smallest absolute Gasteiger partial charge is 0.273 e. The summed E-state index contributed by atoms with van der Waals surface area (Å²) < 4.78 is 1.63. The molecule has 0 aliphatic rings. The lowest BCUT2D eigenvalue weighted by Gasteiger charge is -2.07. The second kappa shape index (κ2) is 3.82. The van der Waals surface area contributed by atoms with Crippen LogP contribution in [0, 0.1) is 0 Å². The molecule has 3 aromatic rings. The molecule has 0 atom stereocenters. The summed E-state index contributed by atoms with van der Waals surface area (Å²) in [6.07, 6.45) is 1.46. The Labute approximate surface area is 97.3 Å². The number of fused-ring (bicyclic) bond motifs is 1. The second-order valence-electron chi connectivity index (χ2n) is 3.49. The number of hydrogen-bond acceptors (Lipinski definition) is 5. The van der Waals surface area contributed by atoms with Crippen LogP contribution in [-0.2, 0) is 0 Å². The molecule has 2 aromatic heterocycles. The van der Waals surface area contributed by atoms with E-state index < -0.39 is 0 Å². The number of rotatable bonds is 2. The van der Waals surface area contributed by atoms with Gasteiger partial charge in [-0.05, 0) is 0 Å². The Kier molecular flexibility index (Phi) is 2.18. The predicted octanol–water partition coefficient (Wildman–Crippen LogP) is 1.23. The summed E-state index contributed by atoms with van der Waals surface area (Å²) in [6.45, 7) is 0. The fourth-order valence-electron chi connectivity index (χ4n) is 1.72. The standard InChI is InChI=1S/C11H10N6/c1-12-10-9(8-5-3-2-4-6-8)15-16-11-13-7-14-17(10)11/h2-7,12H,1H3. The molecule has 1 N–H and O–H groups in total. The molecular weight excluding hydrogens is 216 g/mol. The largest absolute Gasteiger partial charge is 0.371 e. The summed E-state index contributed by atoms with van der Waals surface area (Å²) in [4.78, 5) is 4.00. The first-order chi connectivity index (χ1) is 8.40. The minimum absolute atomic E-state index is 0.481. The van der Waals surface area contributed by atoms with Crippen LogP contribution in [0.3, 0.4) is 0 Å². The normalized spacial score (nSPS) is 10.6. The van der Waals surface area contributed by atoms with Crippen molar-refractivity contribution in [2.75, 3.05) is 12.4 Å². The van der Waals surface area contributed by atoms with E-state index in [1.165, 1.54) is 6.33 Å². The molecule has 0 spiro atoms. The number of aromatic nitrogens is 5. The van der Waals surface area contributed by atoms with E-state index in [0.29, 0.717) is 5.78 Å². The average Bonchev–Trinajstić information content (AvgIpc) is 2.86. The van der Waals surface area contributed by atoms with Crippen molar-refractivity contribution in [1.29, 1.82) is 0 Å². The van der Waals surface area contributed by atoms with E-state index >= 15 is 0 Å².